The lowest BCUT2D eigenvalue weighted by molar-refractivity contribution is -0.135. The number of nitrogens with zero attached hydrogens (tertiary/aromatic N) is 2. The molecule has 2 aromatic rings. The zero-order valence-electron chi connectivity index (χ0n) is 16.4. The molecule has 0 saturated heterocycles. The van der Waals surface area contributed by atoms with Crippen LogP contribution < -0.4 is 10.1 Å². The van der Waals surface area contributed by atoms with Crippen molar-refractivity contribution in [2.75, 3.05) is 25.6 Å². The van der Waals surface area contributed by atoms with Crippen molar-refractivity contribution >= 4 is 28.2 Å². The standard InChI is InChI=1S/C21H23N3O4S/c1-13(14-4-3-5-15(9-14)28-2)8-19(26)23-21-17(10-22)16-6-7-24(20(27)12-25)11-18(16)29-21/h3-5,9,13,25H,6-8,11-12H2,1-2H3,(H,23,26). The van der Waals surface area contributed by atoms with E-state index < -0.39 is 6.61 Å². The number of nitriles is 1. The predicted octanol–water partition coefficient (Wildman–Crippen LogP) is 2.64. The molecule has 0 aliphatic carbocycles. The monoisotopic (exact) mass is 413 g/mol. The minimum absolute atomic E-state index is 0.0112. The molecular formula is C21H23N3O4S. The van der Waals surface area contributed by atoms with E-state index in [0.717, 1.165) is 21.8 Å². The summed E-state index contributed by atoms with van der Waals surface area (Å²) in [4.78, 5) is 26.8. The van der Waals surface area contributed by atoms with Gasteiger partial charge in [-0.15, -0.1) is 11.3 Å². The van der Waals surface area contributed by atoms with Crippen LogP contribution in [0.3, 0.4) is 0 Å². The molecule has 2 amide bonds. The molecule has 0 radical (unpaired) electrons. The number of anilines is 1. The summed E-state index contributed by atoms with van der Waals surface area (Å²) < 4.78 is 5.24. The van der Waals surface area contributed by atoms with E-state index in [1.54, 1.807) is 12.0 Å². The molecule has 7 nitrogen and oxygen atoms in total. The average Bonchev–Trinajstić information content (AvgIpc) is 3.08. The largest absolute Gasteiger partial charge is 0.497 e. The molecule has 2 heterocycles. The van der Waals surface area contributed by atoms with Gasteiger partial charge in [0, 0.05) is 17.8 Å². The summed E-state index contributed by atoms with van der Waals surface area (Å²) >= 11 is 1.33. The number of ether oxygens (including phenoxy) is 1. The maximum atomic E-state index is 12.6. The first-order valence-electron chi connectivity index (χ1n) is 9.33. The third-order valence-electron chi connectivity index (χ3n) is 5.06. The van der Waals surface area contributed by atoms with E-state index in [1.807, 2.05) is 31.2 Å². The molecule has 2 N–H and O–H groups in total. The van der Waals surface area contributed by atoms with Crippen LogP contribution in [0, 0.1) is 11.3 Å². The highest BCUT2D eigenvalue weighted by molar-refractivity contribution is 7.16. The number of hydrogen-bond acceptors (Lipinski definition) is 6. The first-order valence-corrected chi connectivity index (χ1v) is 10.2. The number of nitrogens with one attached hydrogen (secondary N) is 1. The molecule has 1 atom stereocenters. The number of aliphatic hydroxyl groups is 1. The molecule has 0 spiro atoms. The molecule has 1 aromatic carbocycles. The minimum Gasteiger partial charge on any atom is -0.497 e. The van der Waals surface area contributed by atoms with Crippen molar-refractivity contribution < 1.29 is 19.4 Å². The third kappa shape index (κ3) is 4.58. The second-order valence-corrected chi connectivity index (χ2v) is 8.08. The molecule has 152 valence electrons. The molecule has 0 fully saturated rings. The van der Waals surface area contributed by atoms with Crippen LogP contribution >= 0.6 is 11.3 Å². The number of carbonyl (C=O) groups is 2. The number of rotatable bonds is 6. The molecule has 1 aliphatic heterocycles. The number of amides is 2. The zero-order valence-corrected chi connectivity index (χ0v) is 17.2. The van der Waals surface area contributed by atoms with Crippen molar-refractivity contribution in [3.05, 3.63) is 45.8 Å². The van der Waals surface area contributed by atoms with Crippen LogP contribution in [0.2, 0.25) is 0 Å². The number of carbonyl (C=O) groups excluding carboxylic acids is 2. The Kier molecular flexibility index (Phi) is 6.52. The van der Waals surface area contributed by atoms with Crippen LogP contribution in [0.25, 0.3) is 0 Å². The number of hydrogen-bond donors (Lipinski definition) is 2. The second kappa shape index (κ2) is 9.07. The fourth-order valence-corrected chi connectivity index (χ4v) is 4.67. The van der Waals surface area contributed by atoms with E-state index >= 15 is 0 Å². The predicted molar refractivity (Wildman–Crippen MR) is 110 cm³/mol. The summed E-state index contributed by atoms with van der Waals surface area (Å²) in [5, 5.41) is 22.1. The molecule has 0 bridgehead atoms. The van der Waals surface area contributed by atoms with E-state index in [1.165, 1.54) is 11.3 Å². The van der Waals surface area contributed by atoms with Gasteiger partial charge in [-0.3, -0.25) is 9.59 Å². The van der Waals surface area contributed by atoms with Gasteiger partial charge in [0.25, 0.3) is 0 Å². The molecule has 0 saturated carbocycles. The van der Waals surface area contributed by atoms with Gasteiger partial charge in [-0.25, -0.2) is 0 Å². The third-order valence-corrected chi connectivity index (χ3v) is 6.20. The van der Waals surface area contributed by atoms with Crippen molar-refractivity contribution in [2.24, 2.45) is 0 Å². The first-order chi connectivity index (χ1) is 14.0. The Morgan fingerprint density at radius 3 is 2.93 bits per heavy atom. The van der Waals surface area contributed by atoms with Gasteiger partial charge >= 0.3 is 0 Å². The van der Waals surface area contributed by atoms with Gasteiger partial charge in [-0.05, 0) is 35.6 Å². The van der Waals surface area contributed by atoms with Gasteiger partial charge in [0.05, 0.1) is 19.2 Å². The molecule has 3 rings (SSSR count). The Balaban J connectivity index is 1.71. The van der Waals surface area contributed by atoms with Crippen LogP contribution in [-0.4, -0.2) is 42.1 Å². The summed E-state index contributed by atoms with van der Waals surface area (Å²) in [5.41, 5.74) is 2.36. The average molecular weight is 413 g/mol. The van der Waals surface area contributed by atoms with Gasteiger partial charge in [0.1, 0.15) is 23.4 Å². The Bertz CT molecular complexity index is 963. The van der Waals surface area contributed by atoms with E-state index in [9.17, 15) is 14.9 Å². The highest BCUT2D eigenvalue weighted by Gasteiger charge is 2.27. The summed E-state index contributed by atoms with van der Waals surface area (Å²) in [5.74, 6) is 0.233. The maximum absolute atomic E-state index is 12.6. The van der Waals surface area contributed by atoms with Crippen molar-refractivity contribution in [3.63, 3.8) is 0 Å². The van der Waals surface area contributed by atoms with E-state index in [-0.39, 0.29) is 24.2 Å². The summed E-state index contributed by atoms with van der Waals surface area (Å²) in [6, 6.07) is 9.81. The minimum atomic E-state index is -0.530. The highest BCUT2D eigenvalue weighted by atomic mass is 32.1. The van der Waals surface area contributed by atoms with Crippen molar-refractivity contribution in [2.45, 2.75) is 32.2 Å². The van der Waals surface area contributed by atoms with Gasteiger partial charge in [0.2, 0.25) is 11.8 Å². The number of fused-ring (bicyclic) bond motifs is 1. The summed E-state index contributed by atoms with van der Waals surface area (Å²) in [6.07, 6.45) is 0.812. The van der Waals surface area contributed by atoms with Gasteiger partial charge in [-0.1, -0.05) is 19.1 Å². The Morgan fingerprint density at radius 1 is 1.45 bits per heavy atom. The molecule has 8 heteroatoms. The molecule has 1 aromatic heterocycles. The second-order valence-electron chi connectivity index (χ2n) is 6.97. The number of thiophene rings is 1. The lowest BCUT2D eigenvalue weighted by Gasteiger charge is -2.26. The van der Waals surface area contributed by atoms with Crippen molar-refractivity contribution in [1.82, 2.24) is 4.90 Å². The van der Waals surface area contributed by atoms with Crippen LogP contribution in [0.4, 0.5) is 5.00 Å². The van der Waals surface area contributed by atoms with Crippen LogP contribution in [0.5, 0.6) is 5.75 Å². The molecule has 1 unspecified atom stereocenters. The molecule has 1 aliphatic rings. The van der Waals surface area contributed by atoms with Crippen LogP contribution in [0.15, 0.2) is 24.3 Å². The Hall–Kier alpha value is -2.89. The van der Waals surface area contributed by atoms with E-state index in [0.29, 0.717) is 30.1 Å². The van der Waals surface area contributed by atoms with E-state index in [4.69, 9.17) is 9.84 Å². The Labute approximate surface area is 173 Å². The quantitative estimate of drug-likeness (QED) is 0.758. The highest BCUT2D eigenvalue weighted by Crippen LogP contribution is 2.37. The van der Waals surface area contributed by atoms with Crippen molar-refractivity contribution in [3.8, 4) is 11.8 Å². The normalized spacial score (nSPS) is 13.9. The first kappa shape index (κ1) is 20.8. The van der Waals surface area contributed by atoms with Crippen LogP contribution in [-0.2, 0) is 22.6 Å². The summed E-state index contributed by atoms with van der Waals surface area (Å²) in [6.45, 7) is 2.25. The lowest BCUT2D eigenvalue weighted by atomic mass is 9.97. The maximum Gasteiger partial charge on any atom is 0.248 e. The van der Waals surface area contributed by atoms with Crippen LogP contribution in [0.1, 0.15) is 40.8 Å². The number of benzene rings is 1. The fourth-order valence-electron chi connectivity index (χ4n) is 3.44. The van der Waals surface area contributed by atoms with Gasteiger partial charge in [0.15, 0.2) is 0 Å². The van der Waals surface area contributed by atoms with Crippen molar-refractivity contribution in [1.29, 1.82) is 5.26 Å². The Morgan fingerprint density at radius 2 is 2.24 bits per heavy atom. The lowest BCUT2D eigenvalue weighted by Crippen LogP contribution is -2.37. The topological polar surface area (TPSA) is 103 Å². The SMILES string of the molecule is COc1cccc(C(C)CC(=O)Nc2sc3c(c2C#N)CCN(C(=O)CO)C3)c1. The van der Waals surface area contributed by atoms with Gasteiger partial charge < -0.3 is 20.1 Å². The zero-order chi connectivity index (χ0) is 21.0. The number of aliphatic hydroxyl groups excluding tert-OH is 1. The van der Waals surface area contributed by atoms with Gasteiger partial charge in [-0.2, -0.15) is 5.26 Å². The summed E-state index contributed by atoms with van der Waals surface area (Å²) in [7, 11) is 1.60. The molecular weight excluding hydrogens is 390 g/mol. The smallest absolute Gasteiger partial charge is 0.248 e. The molecule has 29 heavy (non-hydrogen) atoms. The van der Waals surface area contributed by atoms with E-state index in [2.05, 4.69) is 11.4 Å². The fraction of sp³-hybridized carbons (Fsp3) is 0.381. The number of methoxy groups -OCH3 is 1.